The van der Waals surface area contributed by atoms with Gasteiger partial charge in [-0.3, -0.25) is 0 Å². The number of carbonyl (C=O) groups is 1. The van der Waals surface area contributed by atoms with E-state index in [0.717, 1.165) is 5.56 Å². The number of benzene rings is 1. The van der Waals surface area contributed by atoms with Crippen molar-refractivity contribution in [3.8, 4) is 11.4 Å². The minimum absolute atomic E-state index is 0.208. The van der Waals surface area contributed by atoms with Gasteiger partial charge in [0.25, 0.3) is 0 Å². The van der Waals surface area contributed by atoms with Crippen LogP contribution in [0.2, 0.25) is 0 Å². The third-order valence-corrected chi connectivity index (χ3v) is 2.81. The van der Waals surface area contributed by atoms with Crippen LogP contribution in [0.5, 0.6) is 0 Å². The predicted molar refractivity (Wildman–Crippen MR) is 65.6 cm³/mol. The summed E-state index contributed by atoms with van der Waals surface area (Å²) in [5.74, 6) is -3.20. The van der Waals surface area contributed by atoms with Gasteiger partial charge in [-0.2, -0.15) is 8.78 Å². The standard InChI is InChI=1S/C13H13F2N3O/c1-18-11(10-6-3-2-4-7-10)16-17-12(18)13(14,15)8-5-9-19/h2-4,6-7,9H,5,8H2,1H3. The zero-order chi connectivity index (χ0) is 13.9. The lowest BCUT2D eigenvalue weighted by Gasteiger charge is -2.14. The molecule has 0 bridgehead atoms. The second-order valence-corrected chi connectivity index (χ2v) is 4.18. The second-order valence-electron chi connectivity index (χ2n) is 4.18. The van der Waals surface area contributed by atoms with Crippen molar-refractivity contribution in [3.05, 3.63) is 36.2 Å². The number of hydrogen-bond acceptors (Lipinski definition) is 3. The molecule has 2 aromatic rings. The van der Waals surface area contributed by atoms with Gasteiger partial charge in [-0.1, -0.05) is 30.3 Å². The molecule has 0 saturated heterocycles. The van der Waals surface area contributed by atoms with Crippen LogP contribution in [0.1, 0.15) is 18.7 Å². The summed E-state index contributed by atoms with van der Waals surface area (Å²) in [7, 11) is 1.49. The van der Waals surface area contributed by atoms with Crippen molar-refractivity contribution in [2.24, 2.45) is 7.05 Å². The average molecular weight is 265 g/mol. The lowest BCUT2D eigenvalue weighted by atomic mass is 10.1. The Hall–Kier alpha value is -2.11. The zero-order valence-corrected chi connectivity index (χ0v) is 10.4. The van der Waals surface area contributed by atoms with Crippen molar-refractivity contribution in [3.63, 3.8) is 0 Å². The molecule has 0 aliphatic carbocycles. The van der Waals surface area contributed by atoms with Crippen LogP contribution in [-0.4, -0.2) is 21.1 Å². The smallest absolute Gasteiger partial charge is 0.307 e. The summed E-state index contributed by atoms with van der Waals surface area (Å²) >= 11 is 0. The lowest BCUT2D eigenvalue weighted by Crippen LogP contribution is -2.19. The molecule has 0 amide bonds. The molecular formula is C13H13F2N3O. The number of carbonyl (C=O) groups excluding carboxylic acids is 1. The van der Waals surface area contributed by atoms with E-state index in [1.165, 1.54) is 11.6 Å². The van der Waals surface area contributed by atoms with Gasteiger partial charge in [0.1, 0.15) is 6.29 Å². The number of aldehydes is 1. The van der Waals surface area contributed by atoms with Crippen LogP contribution < -0.4 is 0 Å². The van der Waals surface area contributed by atoms with Gasteiger partial charge in [-0.05, 0) is 0 Å². The molecule has 6 heteroatoms. The molecule has 2 rings (SSSR count). The van der Waals surface area contributed by atoms with E-state index >= 15 is 0 Å². The zero-order valence-electron chi connectivity index (χ0n) is 10.4. The number of halogens is 2. The van der Waals surface area contributed by atoms with Gasteiger partial charge in [-0.15, -0.1) is 10.2 Å². The van der Waals surface area contributed by atoms with E-state index in [2.05, 4.69) is 10.2 Å². The summed E-state index contributed by atoms with van der Waals surface area (Å²) in [4.78, 5) is 10.2. The third-order valence-electron chi connectivity index (χ3n) is 2.81. The SMILES string of the molecule is Cn1c(-c2ccccc2)nnc1C(F)(F)CCC=O. The Labute approximate surface area is 109 Å². The predicted octanol–water partition coefficient (Wildman–Crippen LogP) is 2.55. The summed E-state index contributed by atoms with van der Waals surface area (Å²) < 4.78 is 29.0. The van der Waals surface area contributed by atoms with Crippen molar-refractivity contribution in [1.82, 2.24) is 14.8 Å². The highest BCUT2D eigenvalue weighted by molar-refractivity contribution is 5.55. The number of hydrogen-bond donors (Lipinski definition) is 0. The Morgan fingerprint density at radius 2 is 1.95 bits per heavy atom. The van der Waals surface area contributed by atoms with E-state index in [4.69, 9.17) is 0 Å². The van der Waals surface area contributed by atoms with Crippen molar-refractivity contribution in [1.29, 1.82) is 0 Å². The second kappa shape index (κ2) is 5.26. The molecule has 0 aliphatic rings. The van der Waals surface area contributed by atoms with Crippen molar-refractivity contribution < 1.29 is 13.6 Å². The van der Waals surface area contributed by atoms with Gasteiger partial charge < -0.3 is 9.36 Å². The van der Waals surface area contributed by atoms with E-state index in [-0.39, 0.29) is 6.42 Å². The third kappa shape index (κ3) is 2.67. The number of nitrogens with zero attached hydrogens (tertiary/aromatic N) is 3. The average Bonchev–Trinajstić information content (AvgIpc) is 2.80. The van der Waals surface area contributed by atoms with E-state index in [1.807, 2.05) is 6.07 Å². The fraction of sp³-hybridized carbons (Fsp3) is 0.308. The fourth-order valence-electron chi connectivity index (χ4n) is 1.84. The highest BCUT2D eigenvalue weighted by atomic mass is 19.3. The summed E-state index contributed by atoms with van der Waals surface area (Å²) in [6.07, 6.45) is -0.291. The summed E-state index contributed by atoms with van der Waals surface area (Å²) in [5, 5.41) is 7.37. The molecule has 0 spiro atoms. The topological polar surface area (TPSA) is 47.8 Å². The molecule has 0 fully saturated rings. The first-order valence-electron chi connectivity index (χ1n) is 5.83. The Bertz CT molecular complexity index is 567. The molecule has 19 heavy (non-hydrogen) atoms. The van der Waals surface area contributed by atoms with Crippen LogP contribution in [0.25, 0.3) is 11.4 Å². The van der Waals surface area contributed by atoms with Gasteiger partial charge >= 0.3 is 5.92 Å². The molecule has 0 atom stereocenters. The monoisotopic (exact) mass is 265 g/mol. The molecule has 0 unspecified atom stereocenters. The normalized spacial score (nSPS) is 11.5. The van der Waals surface area contributed by atoms with E-state index < -0.39 is 18.2 Å². The molecule has 0 saturated carbocycles. The lowest BCUT2D eigenvalue weighted by molar-refractivity contribution is -0.110. The molecule has 0 radical (unpaired) electrons. The van der Waals surface area contributed by atoms with Crippen LogP contribution in [0.15, 0.2) is 30.3 Å². The molecule has 0 N–H and O–H groups in total. The van der Waals surface area contributed by atoms with E-state index in [0.29, 0.717) is 12.1 Å². The fourth-order valence-corrected chi connectivity index (χ4v) is 1.84. The van der Waals surface area contributed by atoms with Crippen molar-refractivity contribution >= 4 is 6.29 Å². The Balaban J connectivity index is 2.35. The van der Waals surface area contributed by atoms with Gasteiger partial charge in [0.05, 0.1) is 0 Å². The van der Waals surface area contributed by atoms with Crippen LogP contribution in [0, 0.1) is 0 Å². The Morgan fingerprint density at radius 1 is 1.26 bits per heavy atom. The van der Waals surface area contributed by atoms with Crippen molar-refractivity contribution in [2.45, 2.75) is 18.8 Å². The minimum Gasteiger partial charge on any atom is -0.309 e. The van der Waals surface area contributed by atoms with Gasteiger partial charge in [0.15, 0.2) is 5.82 Å². The summed E-state index contributed by atoms with van der Waals surface area (Å²) in [6.45, 7) is 0. The van der Waals surface area contributed by atoms with Crippen LogP contribution in [-0.2, 0) is 17.8 Å². The van der Waals surface area contributed by atoms with Crippen LogP contribution >= 0.6 is 0 Å². The first kappa shape index (κ1) is 13.3. The molecule has 1 aromatic carbocycles. The van der Waals surface area contributed by atoms with Gasteiger partial charge in [-0.25, -0.2) is 0 Å². The van der Waals surface area contributed by atoms with Gasteiger partial charge in [0.2, 0.25) is 5.82 Å². The number of rotatable bonds is 5. The first-order chi connectivity index (χ1) is 9.06. The summed E-state index contributed by atoms with van der Waals surface area (Å²) in [5.41, 5.74) is 0.718. The number of alkyl halides is 2. The highest BCUT2D eigenvalue weighted by Crippen LogP contribution is 2.32. The molecule has 1 aromatic heterocycles. The minimum atomic E-state index is -3.16. The maximum absolute atomic E-state index is 13.9. The van der Waals surface area contributed by atoms with Crippen molar-refractivity contribution in [2.75, 3.05) is 0 Å². The molecule has 1 heterocycles. The quantitative estimate of drug-likeness (QED) is 0.780. The highest BCUT2D eigenvalue weighted by Gasteiger charge is 2.37. The van der Waals surface area contributed by atoms with E-state index in [9.17, 15) is 13.6 Å². The van der Waals surface area contributed by atoms with Crippen LogP contribution in [0.4, 0.5) is 8.78 Å². The maximum atomic E-state index is 13.9. The number of aromatic nitrogens is 3. The maximum Gasteiger partial charge on any atom is 0.307 e. The molecule has 4 nitrogen and oxygen atoms in total. The summed E-state index contributed by atoms with van der Waals surface area (Å²) in [6, 6.07) is 8.98. The molecular weight excluding hydrogens is 252 g/mol. The van der Waals surface area contributed by atoms with E-state index in [1.54, 1.807) is 24.3 Å². The molecule has 100 valence electrons. The van der Waals surface area contributed by atoms with Crippen LogP contribution in [0.3, 0.4) is 0 Å². The van der Waals surface area contributed by atoms with Gasteiger partial charge in [0, 0.05) is 25.5 Å². The Kier molecular flexibility index (Phi) is 3.69. The molecule has 0 aliphatic heterocycles. The Morgan fingerprint density at radius 3 is 2.58 bits per heavy atom. The largest absolute Gasteiger partial charge is 0.309 e. The first-order valence-corrected chi connectivity index (χ1v) is 5.83.